The summed E-state index contributed by atoms with van der Waals surface area (Å²) in [5.41, 5.74) is -0.634. The number of carbonyl (C=O) groups excluding carboxylic acids is 1. The molecule has 0 fully saturated rings. The van der Waals surface area contributed by atoms with Gasteiger partial charge in [-0.15, -0.1) is 0 Å². The van der Waals surface area contributed by atoms with Gasteiger partial charge in [-0.25, -0.2) is 21.6 Å². The van der Waals surface area contributed by atoms with Crippen molar-refractivity contribution in [3.05, 3.63) is 52.8 Å². The summed E-state index contributed by atoms with van der Waals surface area (Å²) in [6, 6.07) is 3.93. The molecule has 0 aliphatic rings. The predicted molar refractivity (Wildman–Crippen MR) is 92.7 cm³/mol. The monoisotopic (exact) mass is 422 g/mol. The molecule has 0 saturated heterocycles. The standard InChI is InChI=1S/C16H14ClF3N2O4S/c1-8(16(23)21-11-5-4-10(18)14(19)15(11)20)22-27(24,25)13-7-9(17)3-6-12(13)26-2/h3-8,22H,1-2H3,(H,21,23). The lowest BCUT2D eigenvalue weighted by molar-refractivity contribution is -0.117. The Kier molecular flexibility index (Phi) is 6.34. The zero-order valence-corrected chi connectivity index (χ0v) is 15.6. The quantitative estimate of drug-likeness (QED) is 0.701. The number of rotatable bonds is 6. The molecule has 0 bridgehead atoms. The number of hydrogen-bond acceptors (Lipinski definition) is 4. The highest BCUT2D eigenvalue weighted by Gasteiger charge is 2.26. The van der Waals surface area contributed by atoms with Gasteiger partial charge in [0.1, 0.15) is 10.6 Å². The van der Waals surface area contributed by atoms with Gasteiger partial charge in [-0.05, 0) is 37.3 Å². The molecule has 0 aliphatic carbocycles. The molecule has 11 heteroatoms. The number of amides is 1. The second-order valence-corrected chi connectivity index (χ2v) is 7.47. The third-order valence-corrected chi connectivity index (χ3v) is 5.23. The lowest BCUT2D eigenvalue weighted by Gasteiger charge is -2.16. The Morgan fingerprint density at radius 1 is 1.15 bits per heavy atom. The molecule has 1 unspecified atom stereocenters. The fourth-order valence-electron chi connectivity index (χ4n) is 2.07. The maximum Gasteiger partial charge on any atom is 0.245 e. The fraction of sp³-hybridized carbons (Fsp3) is 0.188. The van der Waals surface area contributed by atoms with Crippen molar-refractivity contribution in [2.45, 2.75) is 17.9 Å². The zero-order valence-electron chi connectivity index (χ0n) is 14.0. The first-order valence-corrected chi connectivity index (χ1v) is 9.23. The Labute approximate surface area is 158 Å². The van der Waals surface area contributed by atoms with Crippen molar-refractivity contribution in [3.63, 3.8) is 0 Å². The van der Waals surface area contributed by atoms with Gasteiger partial charge < -0.3 is 10.1 Å². The Bertz CT molecular complexity index is 986. The average Bonchev–Trinajstić information content (AvgIpc) is 2.61. The smallest absolute Gasteiger partial charge is 0.245 e. The van der Waals surface area contributed by atoms with Gasteiger partial charge in [-0.3, -0.25) is 4.79 Å². The van der Waals surface area contributed by atoms with Crippen LogP contribution in [0.5, 0.6) is 5.75 Å². The van der Waals surface area contributed by atoms with Crippen molar-refractivity contribution in [1.29, 1.82) is 0 Å². The highest BCUT2D eigenvalue weighted by Crippen LogP contribution is 2.27. The molecule has 0 heterocycles. The topological polar surface area (TPSA) is 84.5 Å². The summed E-state index contributed by atoms with van der Waals surface area (Å²) in [5.74, 6) is -5.79. The lowest BCUT2D eigenvalue weighted by Crippen LogP contribution is -2.41. The van der Waals surface area contributed by atoms with Crippen molar-refractivity contribution in [2.24, 2.45) is 0 Å². The van der Waals surface area contributed by atoms with Crippen molar-refractivity contribution in [1.82, 2.24) is 4.72 Å². The van der Waals surface area contributed by atoms with Crippen molar-refractivity contribution >= 4 is 33.2 Å². The maximum atomic E-state index is 13.6. The van der Waals surface area contributed by atoms with Crippen LogP contribution in [0.4, 0.5) is 18.9 Å². The van der Waals surface area contributed by atoms with E-state index in [9.17, 15) is 26.4 Å². The SMILES string of the molecule is COc1ccc(Cl)cc1S(=O)(=O)NC(C)C(=O)Nc1ccc(F)c(F)c1F. The number of methoxy groups -OCH3 is 1. The number of ether oxygens (including phenoxy) is 1. The van der Waals surface area contributed by atoms with Crippen LogP contribution >= 0.6 is 11.6 Å². The number of sulfonamides is 1. The molecular weight excluding hydrogens is 409 g/mol. The summed E-state index contributed by atoms with van der Waals surface area (Å²) in [6.45, 7) is 1.18. The van der Waals surface area contributed by atoms with Gasteiger partial charge in [0.05, 0.1) is 18.8 Å². The van der Waals surface area contributed by atoms with Gasteiger partial charge >= 0.3 is 0 Å². The first-order valence-electron chi connectivity index (χ1n) is 7.37. The highest BCUT2D eigenvalue weighted by atomic mass is 35.5. The third kappa shape index (κ3) is 4.71. The highest BCUT2D eigenvalue weighted by molar-refractivity contribution is 7.89. The second-order valence-electron chi connectivity index (χ2n) is 5.35. The molecular formula is C16H14ClF3N2O4S. The van der Waals surface area contributed by atoms with Crippen LogP contribution < -0.4 is 14.8 Å². The fourth-order valence-corrected chi connectivity index (χ4v) is 3.71. The van der Waals surface area contributed by atoms with E-state index in [1.807, 2.05) is 5.32 Å². The van der Waals surface area contributed by atoms with Crippen LogP contribution in [0, 0.1) is 17.5 Å². The normalized spacial score (nSPS) is 12.5. The molecule has 1 amide bonds. The minimum atomic E-state index is -4.24. The third-order valence-electron chi connectivity index (χ3n) is 3.43. The molecule has 2 aromatic rings. The van der Waals surface area contributed by atoms with E-state index in [-0.39, 0.29) is 15.7 Å². The molecule has 27 heavy (non-hydrogen) atoms. The van der Waals surface area contributed by atoms with Crippen LogP contribution in [0.1, 0.15) is 6.92 Å². The molecule has 0 aliphatic heterocycles. The first-order chi connectivity index (χ1) is 12.6. The summed E-state index contributed by atoms with van der Waals surface area (Å²) in [7, 11) is -2.98. The number of hydrogen-bond donors (Lipinski definition) is 2. The van der Waals surface area contributed by atoms with Gasteiger partial charge in [0.15, 0.2) is 17.5 Å². The van der Waals surface area contributed by atoms with Gasteiger partial charge in [0.2, 0.25) is 15.9 Å². The summed E-state index contributed by atoms with van der Waals surface area (Å²) >= 11 is 5.80. The molecule has 0 aromatic heterocycles. The molecule has 2 N–H and O–H groups in total. The molecule has 146 valence electrons. The van der Waals surface area contributed by atoms with E-state index in [0.717, 1.165) is 12.1 Å². The van der Waals surface area contributed by atoms with Crippen molar-refractivity contribution < 1.29 is 31.1 Å². The van der Waals surface area contributed by atoms with E-state index in [4.69, 9.17) is 16.3 Å². The second kappa shape index (κ2) is 8.15. The van der Waals surface area contributed by atoms with Gasteiger partial charge in [-0.2, -0.15) is 4.72 Å². The van der Waals surface area contributed by atoms with E-state index in [1.165, 1.54) is 26.2 Å². The van der Waals surface area contributed by atoms with E-state index in [0.29, 0.717) is 6.07 Å². The molecule has 2 aromatic carbocycles. The first kappa shape index (κ1) is 21.0. The van der Waals surface area contributed by atoms with Crippen molar-refractivity contribution in [3.8, 4) is 5.75 Å². The van der Waals surface area contributed by atoms with E-state index in [2.05, 4.69) is 4.72 Å². The summed E-state index contributed by atoms with van der Waals surface area (Å²) in [6.07, 6.45) is 0. The molecule has 6 nitrogen and oxygen atoms in total. The van der Waals surface area contributed by atoms with Gasteiger partial charge in [0.25, 0.3) is 0 Å². The Balaban J connectivity index is 2.21. The zero-order chi connectivity index (χ0) is 20.4. The Morgan fingerprint density at radius 3 is 2.44 bits per heavy atom. The number of nitrogens with one attached hydrogen (secondary N) is 2. The van der Waals surface area contributed by atoms with Gasteiger partial charge in [0, 0.05) is 5.02 Å². The Hall–Kier alpha value is -2.30. The summed E-state index contributed by atoms with van der Waals surface area (Å²) in [5, 5.41) is 2.11. The summed E-state index contributed by atoms with van der Waals surface area (Å²) in [4.78, 5) is 11.8. The number of benzene rings is 2. The Morgan fingerprint density at radius 2 is 1.81 bits per heavy atom. The minimum Gasteiger partial charge on any atom is -0.495 e. The molecule has 0 radical (unpaired) electrons. The van der Waals surface area contributed by atoms with Gasteiger partial charge in [-0.1, -0.05) is 11.6 Å². The van der Waals surface area contributed by atoms with Crippen LogP contribution in [0.25, 0.3) is 0 Å². The van der Waals surface area contributed by atoms with Crippen LogP contribution in [0.15, 0.2) is 35.2 Å². The van der Waals surface area contributed by atoms with E-state index < -0.39 is 45.1 Å². The van der Waals surface area contributed by atoms with Crippen LogP contribution in [0.3, 0.4) is 0 Å². The summed E-state index contributed by atoms with van der Waals surface area (Å²) < 4.78 is 71.8. The number of halogens is 4. The minimum absolute atomic E-state index is 0.00819. The average molecular weight is 423 g/mol. The molecule has 1 atom stereocenters. The maximum absolute atomic E-state index is 13.6. The van der Waals surface area contributed by atoms with E-state index in [1.54, 1.807) is 0 Å². The molecule has 0 saturated carbocycles. The molecule has 2 rings (SSSR count). The number of carbonyl (C=O) groups is 1. The lowest BCUT2D eigenvalue weighted by atomic mass is 10.2. The number of anilines is 1. The van der Waals surface area contributed by atoms with Crippen molar-refractivity contribution in [2.75, 3.05) is 12.4 Å². The molecule has 0 spiro atoms. The predicted octanol–water partition coefficient (Wildman–Crippen LogP) is 3.07. The van der Waals surface area contributed by atoms with E-state index >= 15 is 0 Å². The van der Waals surface area contributed by atoms with Crippen LogP contribution in [-0.4, -0.2) is 27.5 Å². The van der Waals surface area contributed by atoms with Crippen LogP contribution in [0.2, 0.25) is 5.02 Å². The largest absolute Gasteiger partial charge is 0.495 e. The van der Waals surface area contributed by atoms with Crippen LogP contribution in [-0.2, 0) is 14.8 Å².